The van der Waals surface area contributed by atoms with Crippen molar-refractivity contribution in [3.8, 4) is 0 Å². The zero-order valence-corrected chi connectivity index (χ0v) is 9.04. The van der Waals surface area contributed by atoms with Gasteiger partial charge < -0.3 is 10.2 Å². The first-order valence-electron chi connectivity index (χ1n) is 6.40. The summed E-state index contributed by atoms with van der Waals surface area (Å²) in [7, 11) is 0. The number of nitrogens with zero attached hydrogens (tertiary/aromatic N) is 1. The van der Waals surface area contributed by atoms with Crippen LogP contribution in [0.1, 0.15) is 38.5 Å². The van der Waals surface area contributed by atoms with Crippen molar-refractivity contribution in [2.75, 3.05) is 19.6 Å². The van der Waals surface area contributed by atoms with Crippen LogP contribution in [-0.2, 0) is 0 Å². The van der Waals surface area contributed by atoms with Gasteiger partial charge in [0.25, 0.3) is 0 Å². The molecule has 1 N–H and O–H groups in total. The van der Waals surface area contributed by atoms with Gasteiger partial charge in [-0.3, -0.25) is 0 Å². The quantitative estimate of drug-likeness (QED) is 0.718. The Labute approximate surface area is 87.0 Å². The Morgan fingerprint density at radius 3 is 2.71 bits per heavy atom. The molecular weight excluding hydrogens is 172 g/mol. The van der Waals surface area contributed by atoms with Crippen molar-refractivity contribution in [1.29, 1.82) is 0 Å². The van der Waals surface area contributed by atoms with Crippen molar-refractivity contribution in [3.05, 3.63) is 0 Å². The van der Waals surface area contributed by atoms with E-state index in [2.05, 4.69) is 10.2 Å². The van der Waals surface area contributed by atoms with Crippen molar-refractivity contribution in [1.82, 2.24) is 10.2 Å². The van der Waals surface area contributed by atoms with Crippen LogP contribution < -0.4 is 5.32 Å². The number of likely N-dealkylation sites (tertiary alicyclic amines) is 1. The third-order valence-electron chi connectivity index (χ3n) is 4.37. The molecule has 2 heterocycles. The van der Waals surface area contributed by atoms with Gasteiger partial charge in [0.05, 0.1) is 0 Å². The van der Waals surface area contributed by atoms with Crippen LogP contribution in [-0.4, -0.2) is 36.6 Å². The molecule has 2 saturated heterocycles. The molecule has 2 heteroatoms. The van der Waals surface area contributed by atoms with Crippen LogP contribution in [0.5, 0.6) is 0 Å². The Kier molecular flexibility index (Phi) is 2.50. The molecule has 0 aromatic heterocycles. The smallest absolute Gasteiger partial charge is 0.0200 e. The number of hydrogen-bond acceptors (Lipinski definition) is 2. The molecule has 80 valence electrons. The first-order valence-corrected chi connectivity index (χ1v) is 6.40. The third kappa shape index (κ3) is 1.70. The van der Waals surface area contributed by atoms with Gasteiger partial charge in [0, 0.05) is 18.6 Å². The molecule has 3 fully saturated rings. The van der Waals surface area contributed by atoms with E-state index < -0.39 is 0 Å². The van der Waals surface area contributed by atoms with E-state index in [0.29, 0.717) is 0 Å². The fraction of sp³-hybridized carbons (Fsp3) is 1.00. The van der Waals surface area contributed by atoms with Crippen LogP contribution in [0.2, 0.25) is 0 Å². The van der Waals surface area contributed by atoms with Crippen molar-refractivity contribution in [3.63, 3.8) is 0 Å². The summed E-state index contributed by atoms with van der Waals surface area (Å²) in [6, 6.07) is 1.71. The lowest BCUT2D eigenvalue weighted by Crippen LogP contribution is -2.38. The van der Waals surface area contributed by atoms with Gasteiger partial charge in [0.15, 0.2) is 0 Å². The highest BCUT2D eigenvalue weighted by Crippen LogP contribution is 2.34. The van der Waals surface area contributed by atoms with E-state index in [-0.39, 0.29) is 0 Å². The van der Waals surface area contributed by atoms with Gasteiger partial charge in [-0.2, -0.15) is 0 Å². The predicted molar refractivity (Wildman–Crippen MR) is 58.3 cm³/mol. The fourth-order valence-electron chi connectivity index (χ4n) is 3.68. The normalized spacial score (nSPS) is 43.3. The third-order valence-corrected chi connectivity index (χ3v) is 4.37. The van der Waals surface area contributed by atoms with Crippen LogP contribution in [0, 0.1) is 5.92 Å². The van der Waals surface area contributed by atoms with Gasteiger partial charge in [0.1, 0.15) is 0 Å². The Morgan fingerprint density at radius 2 is 1.93 bits per heavy atom. The van der Waals surface area contributed by atoms with Gasteiger partial charge in [-0.25, -0.2) is 0 Å². The average Bonchev–Trinajstić information content (AvgIpc) is 2.78. The van der Waals surface area contributed by atoms with E-state index in [0.717, 1.165) is 18.0 Å². The van der Waals surface area contributed by atoms with Gasteiger partial charge in [0.2, 0.25) is 0 Å². The summed E-state index contributed by atoms with van der Waals surface area (Å²) in [6.45, 7) is 4.04. The second kappa shape index (κ2) is 3.82. The van der Waals surface area contributed by atoms with Crippen molar-refractivity contribution in [2.45, 2.75) is 50.6 Å². The first-order chi connectivity index (χ1) is 6.92. The van der Waals surface area contributed by atoms with E-state index in [4.69, 9.17) is 0 Å². The molecule has 3 unspecified atom stereocenters. The summed E-state index contributed by atoms with van der Waals surface area (Å²) in [5.41, 5.74) is 0. The molecule has 0 amide bonds. The molecule has 3 atom stereocenters. The molecule has 1 aliphatic carbocycles. The molecule has 0 aromatic carbocycles. The maximum Gasteiger partial charge on any atom is 0.0200 e. The molecule has 0 bridgehead atoms. The number of rotatable bonds is 2. The monoisotopic (exact) mass is 194 g/mol. The highest BCUT2D eigenvalue weighted by atomic mass is 15.2. The Bertz CT molecular complexity index is 186. The second-order valence-corrected chi connectivity index (χ2v) is 5.40. The maximum absolute atomic E-state index is 3.84. The van der Waals surface area contributed by atoms with Crippen molar-refractivity contribution >= 4 is 0 Å². The molecule has 0 aromatic rings. The van der Waals surface area contributed by atoms with Crippen LogP contribution in [0.4, 0.5) is 0 Å². The molecule has 0 spiro atoms. The Morgan fingerprint density at radius 1 is 1.07 bits per heavy atom. The molecule has 2 aliphatic heterocycles. The summed E-state index contributed by atoms with van der Waals surface area (Å²) in [6.07, 6.45) is 8.73. The number of nitrogens with one attached hydrogen (secondary N) is 1. The highest BCUT2D eigenvalue weighted by Gasteiger charge is 2.37. The lowest BCUT2D eigenvalue weighted by atomic mass is 10.0. The number of hydrogen-bond donors (Lipinski definition) is 1. The highest BCUT2D eigenvalue weighted by molar-refractivity contribution is 4.95. The number of fused-ring (bicyclic) bond motifs is 1. The minimum Gasteiger partial charge on any atom is -0.310 e. The summed E-state index contributed by atoms with van der Waals surface area (Å²) < 4.78 is 0. The Balaban J connectivity index is 1.50. The van der Waals surface area contributed by atoms with Crippen LogP contribution >= 0.6 is 0 Å². The van der Waals surface area contributed by atoms with E-state index in [1.165, 1.54) is 58.2 Å². The van der Waals surface area contributed by atoms with Crippen LogP contribution in [0.25, 0.3) is 0 Å². The van der Waals surface area contributed by atoms with E-state index in [1.54, 1.807) is 0 Å². The van der Waals surface area contributed by atoms with Crippen LogP contribution in [0.3, 0.4) is 0 Å². The standard InChI is InChI=1S/C12H22N2/c1-2-7-14(6-1)9-11-8-10-4-3-5-12(10)13-11/h10-13H,1-9H2. The van der Waals surface area contributed by atoms with Gasteiger partial charge in [-0.1, -0.05) is 6.42 Å². The second-order valence-electron chi connectivity index (χ2n) is 5.40. The zero-order chi connectivity index (χ0) is 9.38. The largest absolute Gasteiger partial charge is 0.310 e. The fourth-order valence-corrected chi connectivity index (χ4v) is 3.68. The van der Waals surface area contributed by atoms with E-state index >= 15 is 0 Å². The summed E-state index contributed by atoms with van der Waals surface area (Å²) >= 11 is 0. The molecular formula is C12H22N2. The molecule has 3 rings (SSSR count). The van der Waals surface area contributed by atoms with E-state index in [9.17, 15) is 0 Å². The van der Waals surface area contributed by atoms with Crippen molar-refractivity contribution in [2.24, 2.45) is 5.92 Å². The van der Waals surface area contributed by atoms with Gasteiger partial charge >= 0.3 is 0 Å². The minimum atomic E-state index is 0.823. The molecule has 3 aliphatic rings. The summed E-state index contributed by atoms with van der Waals surface area (Å²) in [5.74, 6) is 1.03. The van der Waals surface area contributed by atoms with E-state index in [1.807, 2.05) is 0 Å². The van der Waals surface area contributed by atoms with Gasteiger partial charge in [-0.05, 0) is 51.1 Å². The van der Waals surface area contributed by atoms with Gasteiger partial charge in [-0.15, -0.1) is 0 Å². The SMILES string of the molecule is C1CC2CC(CN3CCCC3)NC2C1. The average molecular weight is 194 g/mol. The lowest BCUT2D eigenvalue weighted by Gasteiger charge is -2.20. The topological polar surface area (TPSA) is 15.3 Å². The van der Waals surface area contributed by atoms with Crippen molar-refractivity contribution < 1.29 is 0 Å². The minimum absolute atomic E-state index is 0.823. The molecule has 0 radical (unpaired) electrons. The summed E-state index contributed by atoms with van der Waals surface area (Å²) in [4.78, 5) is 2.65. The molecule has 2 nitrogen and oxygen atoms in total. The lowest BCUT2D eigenvalue weighted by molar-refractivity contribution is 0.296. The first kappa shape index (κ1) is 9.17. The molecule has 14 heavy (non-hydrogen) atoms. The maximum atomic E-state index is 3.84. The molecule has 1 saturated carbocycles. The summed E-state index contributed by atoms with van der Waals surface area (Å²) in [5, 5.41) is 3.84. The van der Waals surface area contributed by atoms with Crippen LogP contribution in [0.15, 0.2) is 0 Å². The Hall–Kier alpha value is -0.0800. The predicted octanol–water partition coefficient (Wildman–Crippen LogP) is 1.61. The zero-order valence-electron chi connectivity index (χ0n) is 9.04.